The van der Waals surface area contributed by atoms with Crippen LogP contribution < -0.4 is 5.32 Å². The summed E-state index contributed by atoms with van der Waals surface area (Å²) in [5.41, 5.74) is 7.82. The lowest BCUT2D eigenvalue weighted by Gasteiger charge is -2.39. The Morgan fingerprint density at radius 2 is 1.76 bits per heavy atom. The molecule has 0 aromatic heterocycles. The van der Waals surface area contributed by atoms with Gasteiger partial charge in [-0.25, -0.2) is 0 Å². The molecule has 1 aromatic rings. The van der Waals surface area contributed by atoms with Crippen LogP contribution >= 0.6 is 0 Å². The number of nitrogens with one attached hydrogen (secondary N) is 1. The summed E-state index contributed by atoms with van der Waals surface area (Å²) in [5.74, 6) is 0. The highest BCUT2D eigenvalue weighted by atomic mass is 14.9. The van der Waals surface area contributed by atoms with Crippen LogP contribution in [-0.4, -0.2) is 6.54 Å². The third-order valence-corrected chi connectivity index (χ3v) is 4.11. The van der Waals surface area contributed by atoms with Gasteiger partial charge in [0, 0.05) is 6.04 Å². The van der Waals surface area contributed by atoms with Gasteiger partial charge in [0.2, 0.25) is 0 Å². The minimum absolute atomic E-state index is 0.278. The summed E-state index contributed by atoms with van der Waals surface area (Å²) in [6.07, 6.45) is 1.18. The van der Waals surface area contributed by atoms with Crippen LogP contribution in [0, 0.1) is 26.2 Å². The molecule has 0 radical (unpaired) electrons. The first-order valence-corrected chi connectivity index (χ1v) is 6.65. The number of fused-ring (bicyclic) bond motifs is 1. The van der Waals surface area contributed by atoms with Crippen molar-refractivity contribution in [1.82, 2.24) is 5.32 Å². The Bertz CT molecular complexity index is 438. The molecule has 1 heteroatoms. The summed E-state index contributed by atoms with van der Waals surface area (Å²) in [5, 5.41) is 3.71. The van der Waals surface area contributed by atoms with Gasteiger partial charge in [0.15, 0.2) is 0 Å². The van der Waals surface area contributed by atoms with E-state index in [1.807, 2.05) is 0 Å². The van der Waals surface area contributed by atoms with Crippen LogP contribution in [0.2, 0.25) is 0 Å². The fourth-order valence-electron chi connectivity index (χ4n) is 3.08. The zero-order valence-electron chi connectivity index (χ0n) is 12.1. The molecule has 1 unspecified atom stereocenters. The largest absolute Gasteiger partial charge is 0.309 e. The Morgan fingerprint density at radius 3 is 2.35 bits per heavy atom. The molecular weight excluding hydrogens is 206 g/mol. The molecule has 0 amide bonds. The molecule has 94 valence electrons. The van der Waals surface area contributed by atoms with E-state index in [0.29, 0.717) is 6.04 Å². The molecule has 17 heavy (non-hydrogen) atoms. The number of hydrogen-bond acceptors (Lipinski definition) is 1. The van der Waals surface area contributed by atoms with Crippen LogP contribution in [0.1, 0.15) is 54.6 Å². The molecule has 0 spiro atoms. The molecule has 0 saturated heterocycles. The van der Waals surface area contributed by atoms with E-state index in [-0.39, 0.29) is 5.41 Å². The zero-order valence-corrected chi connectivity index (χ0v) is 12.1. The molecule has 1 aliphatic heterocycles. The molecule has 0 aliphatic carbocycles. The second-order valence-corrected chi connectivity index (χ2v) is 6.53. The topological polar surface area (TPSA) is 12.0 Å². The summed E-state index contributed by atoms with van der Waals surface area (Å²) in [7, 11) is 0. The van der Waals surface area contributed by atoms with Gasteiger partial charge in [-0.05, 0) is 67.0 Å². The van der Waals surface area contributed by atoms with Crippen molar-refractivity contribution in [3.63, 3.8) is 0 Å². The molecule has 0 fully saturated rings. The Hall–Kier alpha value is -0.820. The van der Waals surface area contributed by atoms with Crippen LogP contribution in [0.4, 0.5) is 0 Å². The van der Waals surface area contributed by atoms with Crippen molar-refractivity contribution in [3.8, 4) is 0 Å². The van der Waals surface area contributed by atoms with Crippen LogP contribution in [0.3, 0.4) is 0 Å². The number of rotatable bonds is 0. The quantitative estimate of drug-likeness (QED) is 0.715. The van der Waals surface area contributed by atoms with Crippen molar-refractivity contribution < 1.29 is 0 Å². The average molecular weight is 231 g/mol. The first-order valence-electron chi connectivity index (χ1n) is 6.65. The maximum atomic E-state index is 3.71. The minimum Gasteiger partial charge on any atom is -0.309 e. The van der Waals surface area contributed by atoms with Gasteiger partial charge in [0.25, 0.3) is 0 Å². The highest BCUT2D eigenvalue weighted by Crippen LogP contribution is 2.40. The maximum Gasteiger partial charge on any atom is 0.0374 e. The molecule has 1 aliphatic rings. The summed E-state index contributed by atoms with van der Waals surface area (Å²) in [6, 6.07) is 2.84. The maximum absolute atomic E-state index is 3.71. The Balaban J connectivity index is 2.65. The highest BCUT2D eigenvalue weighted by Gasteiger charge is 2.32. The van der Waals surface area contributed by atoms with E-state index in [0.717, 1.165) is 6.54 Å². The van der Waals surface area contributed by atoms with Gasteiger partial charge in [0.1, 0.15) is 0 Å². The monoisotopic (exact) mass is 231 g/mol. The van der Waals surface area contributed by atoms with E-state index in [2.05, 4.69) is 52.9 Å². The molecule has 1 atom stereocenters. The minimum atomic E-state index is 0.278. The van der Waals surface area contributed by atoms with Crippen molar-refractivity contribution in [3.05, 3.63) is 33.9 Å². The van der Waals surface area contributed by atoms with Crippen molar-refractivity contribution in [2.75, 3.05) is 6.54 Å². The lowest BCUT2D eigenvalue weighted by molar-refractivity contribution is 0.262. The van der Waals surface area contributed by atoms with Crippen LogP contribution in [0.25, 0.3) is 0 Å². The van der Waals surface area contributed by atoms with Gasteiger partial charge in [-0.2, -0.15) is 0 Å². The molecule has 0 bridgehead atoms. The summed E-state index contributed by atoms with van der Waals surface area (Å²) in [6.45, 7) is 14.9. The molecule has 2 rings (SSSR count). The Kier molecular flexibility index (Phi) is 3.07. The van der Waals surface area contributed by atoms with Gasteiger partial charge >= 0.3 is 0 Å². The molecule has 1 nitrogen and oxygen atoms in total. The normalized spacial score (nSPS) is 20.2. The van der Waals surface area contributed by atoms with E-state index in [1.165, 1.54) is 23.1 Å². The van der Waals surface area contributed by atoms with Gasteiger partial charge in [-0.15, -0.1) is 0 Å². The molecule has 1 N–H and O–H groups in total. The fourth-order valence-corrected chi connectivity index (χ4v) is 3.08. The Morgan fingerprint density at radius 1 is 1.12 bits per heavy atom. The Labute approximate surface area is 106 Å². The summed E-state index contributed by atoms with van der Waals surface area (Å²) < 4.78 is 0. The van der Waals surface area contributed by atoms with Crippen LogP contribution in [0.15, 0.2) is 6.07 Å². The van der Waals surface area contributed by atoms with Gasteiger partial charge in [-0.1, -0.05) is 26.8 Å². The SMILES string of the molecule is Cc1cc(C)c2c(c1C)C(C(C)(C)C)NCC2. The second-order valence-electron chi connectivity index (χ2n) is 6.53. The van der Waals surface area contributed by atoms with E-state index in [4.69, 9.17) is 0 Å². The second kappa shape index (κ2) is 4.13. The predicted molar refractivity (Wildman–Crippen MR) is 74.6 cm³/mol. The van der Waals surface area contributed by atoms with Crippen molar-refractivity contribution in [2.24, 2.45) is 5.41 Å². The summed E-state index contributed by atoms with van der Waals surface area (Å²) >= 11 is 0. The van der Waals surface area contributed by atoms with Gasteiger partial charge < -0.3 is 5.32 Å². The highest BCUT2D eigenvalue weighted by molar-refractivity contribution is 5.48. The third-order valence-electron chi connectivity index (χ3n) is 4.11. The van der Waals surface area contributed by atoms with Crippen molar-refractivity contribution in [1.29, 1.82) is 0 Å². The first kappa shape index (κ1) is 12.6. The van der Waals surface area contributed by atoms with Gasteiger partial charge in [-0.3, -0.25) is 0 Å². The molecule has 1 heterocycles. The number of benzene rings is 1. The number of aryl methyl sites for hydroxylation is 2. The third kappa shape index (κ3) is 2.13. The van der Waals surface area contributed by atoms with Crippen LogP contribution in [0.5, 0.6) is 0 Å². The molecule has 1 aromatic carbocycles. The van der Waals surface area contributed by atoms with E-state index in [9.17, 15) is 0 Å². The van der Waals surface area contributed by atoms with E-state index >= 15 is 0 Å². The van der Waals surface area contributed by atoms with Crippen molar-refractivity contribution in [2.45, 2.75) is 54.0 Å². The zero-order chi connectivity index (χ0) is 12.8. The molecule has 0 saturated carbocycles. The predicted octanol–water partition coefficient (Wildman–Crippen LogP) is 3.84. The smallest absolute Gasteiger partial charge is 0.0374 e. The summed E-state index contributed by atoms with van der Waals surface area (Å²) in [4.78, 5) is 0. The van der Waals surface area contributed by atoms with Gasteiger partial charge in [0.05, 0.1) is 0 Å². The average Bonchev–Trinajstić information content (AvgIpc) is 2.24. The standard InChI is InChI=1S/C16H25N/c1-10-9-11(2)13-7-8-17-15(16(4,5)6)14(13)12(10)3/h9,15,17H,7-8H2,1-6H3. The number of hydrogen-bond donors (Lipinski definition) is 1. The van der Waals surface area contributed by atoms with E-state index in [1.54, 1.807) is 11.1 Å². The lowest BCUT2D eigenvalue weighted by atomic mass is 9.75. The fraction of sp³-hybridized carbons (Fsp3) is 0.625. The lowest BCUT2D eigenvalue weighted by Crippen LogP contribution is -2.39. The van der Waals surface area contributed by atoms with Crippen LogP contribution in [-0.2, 0) is 6.42 Å². The van der Waals surface area contributed by atoms with E-state index < -0.39 is 0 Å². The van der Waals surface area contributed by atoms with Crippen molar-refractivity contribution >= 4 is 0 Å². The first-order chi connectivity index (χ1) is 7.82. The molecular formula is C16H25N.